The Balaban J connectivity index is 1.70. The van der Waals surface area contributed by atoms with Crippen LogP contribution in [0.5, 0.6) is 11.5 Å². The van der Waals surface area contributed by atoms with Gasteiger partial charge in [-0.25, -0.2) is 4.98 Å². The van der Waals surface area contributed by atoms with Crippen molar-refractivity contribution in [1.29, 1.82) is 0 Å². The maximum absolute atomic E-state index is 5.76. The Kier molecular flexibility index (Phi) is 4.14. The highest BCUT2D eigenvalue weighted by Crippen LogP contribution is 2.24. The van der Waals surface area contributed by atoms with Crippen LogP contribution in [0.25, 0.3) is 11.7 Å². The molecule has 1 aromatic carbocycles. The highest BCUT2D eigenvalue weighted by atomic mass is 16.5. The lowest BCUT2D eigenvalue weighted by Crippen LogP contribution is -1.98. The minimum Gasteiger partial charge on any atom is -0.494 e. The molecule has 3 rings (SSSR count). The van der Waals surface area contributed by atoms with Gasteiger partial charge in [0.15, 0.2) is 5.76 Å². The van der Waals surface area contributed by atoms with Gasteiger partial charge < -0.3 is 18.3 Å². The summed E-state index contributed by atoms with van der Waals surface area (Å²) < 4.78 is 22.1. The van der Waals surface area contributed by atoms with Crippen LogP contribution in [0.15, 0.2) is 51.5 Å². The summed E-state index contributed by atoms with van der Waals surface area (Å²) in [6.07, 6.45) is 1.59. The molecule has 2 aromatic heterocycles. The fourth-order valence-electron chi connectivity index (χ4n) is 2.04. The highest BCUT2D eigenvalue weighted by Gasteiger charge is 2.13. The van der Waals surface area contributed by atoms with Crippen LogP contribution in [0.3, 0.4) is 0 Å². The summed E-state index contributed by atoms with van der Waals surface area (Å²) in [5.74, 6) is 3.30. The van der Waals surface area contributed by atoms with Crippen LogP contribution in [-0.4, -0.2) is 11.6 Å². The second kappa shape index (κ2) is 6.39. The lowest BCUT2D eigenvalue weighted by atomic mass is 10.3. The summed E-state index contributed by atoms with van der Waals surface area (Å²) in [7, 11) is 0. The van der Waals surface area contributed by atoms with Gasteiger partial charge in [0, 0.05) is 6.07 Å². The number of aryl methyl sites for hydroxylation is 1. The summed E-state index contributed by atoms with van der Waals surface area (Å²) in [5, 5.41) is 0. The van der Waals surface area contributed by atoms with E-state index in [9.17, 15) is 0 Å². The number of nitrogens with zero attached hydrogens (tertiary/aromatic N) is 1. The molecule has 0 radical (unpaired) electrons. The molecule has 2 heterocycles. The van der Waals surface area contributed by atoms with E-state index in [0.717, 1.165) is 17.2 Å². The number of aromatic nitrogens is 1. The molecule has 3 aromatic rings. The van der Waals surface area contributed by atoms with E-state index in [1.807, 2.05) is 44.2 Å². The quantitative estimate of drug-likeness (QED) is 0.682. The molecule has 0 fully saturated rings. The average molecular weight is 299 g/mol. The first-order chi connectivity index (χ1) is 10.8. The zero-order valence-electron chi connectivity index (χ0n) is 12.5. The third kappa shape index (κ3) is 3.14. The van der Waals surface area contributed by atoms with Crippen molar-refractivity contribution in [3.05, 3.63) is 54.1 Å². The number of ether oxygens (including phenoxy) is 2. The van der Waals surface area contributed by atoms with E-state index < -0.39 is 0 Å². The van der Waals surface area contributed by atoms with Gasteiger partial charge >= 0.3 is 0 Å². The van der Waals surface area contributed by atoms with Crippen molar-refractivity contribution in [3.8, 4) is 23.1 Å². The van der Waals surface area contributed by atoms with Gasteiger partial charge in [-0.2, -0.15) is 0 Å². The van der Waals surface area contributed by atoms with Crippen LogP contribution in [0.2, 0.25) is 0 Å². The molecule has 22 heavy (non-hydrogen) atoms. The summed E-state index contributed by atoms with van der Waals surface area (Å²) in [6, 6.07) is 11.1. The Labute approximate surface area is 128 Å². The number of benzene rings is 1. The van der Waals surface area contributed by atoms with E-state index >= 15 is 0 Å². The lowest BCUT2D eigenvalue weighted by Gasteiger charge is -2.07. The first-order valence-electron chi connectivity index (χ1n) is 7.12. The Bertz CT molecular complexity index is 731. The topological polar surface area (TPSA) is 57.6 Å². The number of oxazole rings is 1. The maximum atomic E-state index is 5.76. The third-order valence-corrected chi connectivity index (χ3v) is 3.12. The third-order valence-electron chi connectivity index (χ3n) is 3.12. The Morgan fingerprint density at radius 2 is 1.91 bits per heavy atom. The summed E-state index contributed by atoms with van der Waals surface area (Å²) in [6.45, 7) is 4.75. The van der Waals surface area contributed by atoms with Crippen molar-refractivity contribution in [1.82, 2.24) is 4.98 Å². The van der Waals surface area contributed by atoms with Crippen LogP contribution in [0, 0.1) is 6.92 Å². The monoisotopic (exact) mass is 299 g/mol. The molecular weight excluding hydrogens is 282 g/mol. The zero-order chi connectivity index (χ0) is 15.4. The van der Waals surface area contributed by atoms with Crippen molar-refractivity contribution in [3.63, 3.8) is 0 Å². The molecule has 0 amide bonds. The molecule has 0 N–H and O–H groups in total. The van der Waals surface area contributed by atoms with Crippen LogP contribution in [-0.2, 0) is 6.61 Å². The van der Waals surface area contributed by atoms with Crippen molar-refractivity contribution < 1.29 is 18.3 Å². The van der Waals surface area contributed by atoms with E-state index in [0.29, 0.717) is 30.6 Å². The summed E-state index contributed by atoms with van der Waals surface area (Å²) >= 11 is 0. The second-order valence-electron chi connectivity index (χ2n) is 4.70. The van der Waals surface area contributed by atoms with Gasteiger partial charge in [-0.05, 0) is 38.1 Å². The number of rotatable bonds is 6. The highest BCUT2D eigenvalue weighted by molar-refractivity contribution is 5.44. The standard InChI is InChI=1S/C17H17NO4/c1-3-19-13-6-4-7-14(10-13)21-11-15-12(2)22-17(18-15)16-8-5-9-20-16/h4-10H,3,11H2,1-2H3. The van der Waals surface area contributed by atoms with E-state index in [1.54, 1.807) is 12.3 Å². The van der Waals surface area contributed by atoms with Crippen LogP contribution in [0.4, 0.5) is 0 Å². The predicted octanol–water partition coefficient (Wildman–Crippen LogP) is 4.22. The molecule has 0 spiro atoms. The van der Waals surface area contributed by atoms with Crippen molar-refractivity contribution in [2.45, 2.75) is 20.5 Å². The normalized spacial score (nSPS) is 10.6. The van der Waals surface area contributed by atoms with E-state index in [4.69, 9.17) is 18.3 Å². The second-order valence-corrected chi connectivity index (χ2v) is 4.70. The number of hydrogen-bond acceptors (Lipinski definition) is 5. The van der Waals surface area contributed by atoms with Crippen LogP contribution < -0.4 is 9.47 Å². The number of furan rings is 1. The predicted molar refractivity (Wildman–Crippen MR) is 80.9 cm³/mol. The molecule has 0 aliphatic rings. The van der Waals surface area contributed by atoms with Gasteiger partial charge in [0.25, 0.3) is 5.89 Å². The lowest BCUT2D eigenvalue weighted by molar-refractivity contribution is 0.294. The summed E-state index contributed by atoms with van der Waals surface area (Å²) in [4.78, 5) is 4.41. The minimum atomic E-state index is 0.325. The fraction of sp³-hybridized carbons (Fsp3) is 0.235. The smallest absolute Gasteiger partial charge is 0.263 e. The van der Waals surface area contributed by atoms with Gasteiger partial charge in [-0.3, -0.25) is 0 Å². The largest absolute Gasteiger partial charge is 0.494 e. The molecule has 0 saturated carbocycles. The minimum absolute atomic E-state index is 0.325. The first kappa shape index (κ1) is 14.3. The van der Waals surface area contributed by atoms with Crippen molar-refractivity contribution in [2.75, 3.05) is 6.61 Å². The van der Waals surface area contributed by atoms with Gasteiger partial charge in [-0.15, -0.1) is 0 Å². The molecule has 5 heteroatoms. The molecule has 0 saturated heterocycles. The molecular formula is C17H17NO4. The fourth-order valence-corrected chi connectivity index (χ4v) is 2.04. The SMILES string of the molecule is CCOc1cccc(OCc2nc(-c3ccco3)oc2C)c1. The Hall–Kier alpha value is -2.69. The Morgan fingerprint density at radius 1 is 1.09 bits per heavy atom. The number of hydrogen-bond donors (Lipinski definition) is 0. The van der Waals surface area contributed by atoms with Gasteiger partial charge in [0.05, 0.1) is 12.9 Å². The van der Waals surface area contributed by atoms with E-state index in [1.165, 1.54) is 0 Å². The van der Waals surface area contributed by atoms with Crippen LogP contribution >= 0.6 is 0 Å². The zero-order valence-corrected chi connectivity index (χ0v) is 12.5. The van der Waals surface area contributed by atoms with Crippen molar-refractivity contribution >= 4 is 0 Å². The molecule has 0 atom stereocenters. The molecule has 0 aliphatic carbocycles. The Morgan fingerprint density at radius 3 is 2.64 bits per heavy atom. The van der Waals surface area contributed by atoms with E-state index in [-0.39, 0.29) is 0 Å². The molecule has 114 valence electrons. The molecule has 0 aliphatic heterocycles. The average Bonchev–Trinajstić information content (AvgIpc) is 3.15. The maximum Gasteiger partial charge on any atom is 0.263 e. The first-order valence-corrected chi connectivity index (χ1v) is 7.12. The van der Waals surface area contributed by atoms with Crippen molar-refractivity contribution in [2.24, 2.45) is 0 Å². The van der Waals surface area contributed by atoms with Gasteiger partial charge in [0.2, 0.25) is 0 Å². The van der Waals surface area contributed by atoms with E-state index in [2.05, 4.69) is 4.98 Å². The van der Waals surface area contributed by atoms with Gasteiger partial charge in [-0.1, -0.05) is 6.07 Å². The molecule has 0 unspecified atom stereocenters. The van der Waals surface area contributed by atoms with Gasteiger partial charge in [0.1, 0.15) is 29.6 Å². The summed E-state index contributed by atoms with van der Waals surface area (Å²) in [5.41, 5.74) is 0.744. The van der Waals surface area contributed by atoms with Crippen LogP contribution in [0.1, 0.15) is 18.4 Å². The molecule has 5 nitrogen and oxygen atoms in total. The molecule has 0 bridgehead atoms.